The second kappa shape index (κ2) is 11.2. The summed E-state index contributed by atoms with van der Waals surface area (Å²) in [5, 5.41) is 4.99. The number of nitrogens with zero attached hydrogens (tertiary/aromatic N) is 4. The van der Waals surface area contributed by atoms with Gasteiger partial charge in [-0.1, -0.05) is 25.6 Å². The lowest BCUT2D eigenvalue weighted by atomic mass is 10.1. The van der Waals surface area contributed by atoms with E-state index in [1.54, 1.807) is 22.7 Å². The van der Waals surface area contributed by atoms with Crippen LogP contribution in [-0.2, 0) is 11.2 Å². The number of fused-ring (bicyclic) bond motifs is 1. The molecule has 3 rings (SSSR count). The average molecular weight is 487 g/mol. The molecule has 2 N–H and O–H groups in total. The number of hydrazine groups is 1. The molecule has 2 aromatic heterocycles. The van der Waals surface area contributed by atoms with E-state index >= 15 is 0 Å². The van der Waals surface area contributed by atoms with Crippen molar-refractivity contribution in [3.8, 4) is 11.5 Å². The summed E-state index contributed by atoms with van der Waals surface area (Å²) in [6.45, 7) is 8.48. The lowest BCUT2D eigenvalue weighted by Gasteiger charge is -2.14. The first-order valence-electron chi connectivity index (χ1n) is 10.9. The van der Waals surface area contributed by atoms with E-state index in [0.717, 1.165) is 17.7 Å². The number of amides is 2. The largest absolute Gasteiger partial charge is 0.493 e. The van der Waals surface area contributed by atoms with Crippen molar-refractivity contribution in [1.29, 1.82) is 0 Å². The van der Waals surface area contributed by atoms with Gasteiger partial charge in [0.05, 0.1) is 20.1 Å². The van der Waals surface area contributed by atoms with Crippen molar-refractivity contribution in [2.45, 2.75) is 45.7 Å². The van der Waals surface area contributed by atoms with Crippen LogP contribution in [0.4, 0.5) is 0 Å². The minimum absolute atomic E-state index is 0.0291. The highest BCUT2D eigenvalue weighted by Crippen LogP contribution is 2.28. The number of carbonyl (C=O) groups excluding carboxylic acids is 2. The van der Waals surface area contributed by atoms with Crippen LogP contribution in [0.2, 0.25) is 0 Å². The number of thioether (sulfide) groups is 1. The number of hydrogen-bond acceptors (Lipinski definition) is 8. The third kappa shape index (κ3) is 5.96. The number of hydrogen-bond donors (Lipinski definition) is 2. The molecule has 2 heterocycles. The van der Waals surface area contributed by atoms with Gasteiger partial charge in [-0.3, -0.25) is 20.4 Å². The van der Waals surface area contributed by atoms with Crippen LogP contribution in [0.3, 0.4) is 0 Å². The van der Waals surface area contributed by atoms with Crippen molar-refractivity contribution >= 4 is 29.4 Å². The quantitative estimate of drug-likeness (QED) is 0.350. The molecule has 1 aromatic carbocycles. The molecule has 0 spiro atoms. The minimum atomic E-state index is -0.469. The van der Waals surface area contributed by atoms with Gasteiger partial charge in [-0.05, 0) is 50.6 Å². The Hall–Kier alpha value is -3.34. The van der Waals surface area contributed by atoms with E-state index in [-0.39, 0.29) is 12.3 Å². The molecular formula is C23H30N6O4S. The van der Waals surface area contributed by atoms with Crippen LogP contribution in [-0.4, -0.2) is 51.4 Å². The first kappa shape index (κ1) is 25.3. The van der Waals surface area contributed by atoms with Crippen LogP contribution in [0.25, 0.3) is 5.78 Å². The molecule has 182 valence electrons. The Bertz CT molecular complexity index is 1190. The normalized spacial score (nSPS) is 11.0. The summed E-state index contributed by atoms with van der Waals surface area (Å²) in [6.07, 6.45) is 2.83. The summed E-state index contributed by atoms with van der Waals surface area (Å²) >= 11 is 1.42. The molecule has 0 radical (unpaired) electrons. The predicted octanol–water partition coefficient (Wildman–Crippen LogP) is 2.90. The first-order chi connectivity index (χ1) is 16.2. The molecule has 11 heteroatoms. The Kier molecular flexibility index (Phi) is 8.32. The van der Waals surface area contributed by atoms with Crippen LogP contribution >= 0.6 is 11.8 Å². The summed E-state index contributed by atoms with van der Waals surface area (Å²) in [5.41, 5.74) is 7.41. The number of nitrogens with one attached hydrogen (secondary N) is 2. The zero-order chi connectivity index (χ0) is 24.8. The molecule has 34 heavy (non-hydrogen) atoms. The fourth-order valence-electron chi connectivity index (χ4n) is 3.27. The van der Waals surface area contributed by atoms with E-state index < -0.39 is 5.91 Å². The van der Waals surface area contributed by atoms with Gasteiger partial charge in [0.2, 0.25) is 11.1 Å². The van der Waals surface area contributed by atoms with Crippen molar-refractivity contribution < 1.29 is 19.1 Å². The zero-order valence-corrected chi connectivity index (χ0v) is 21.1. The molecule has 0 fully saturated rings. The molecule has 3 aromatic rings. The SMILES string of the molecule is COc1cc(C(=O)NNC(=O)Cc2c(C)nc3nc(SC)nn3c2C)ccc1OCCC(C)C. The Morgan fingerprint density at radius 1 is 1.15 bits per heavy atom. The van der Waals surface area contributed by atoms with Gasteiger partial charge in [-0.15, -0.1) is 5.10 Å². The Morgan fingerprint density at radius 2 is 1.91 bits per heavy atom. The van der Waals surface area contributed by atoms with Gasteiger partial charge in [-0.25, -0.2) is 9.50 Å². The maximum absolute atomic E-state index is 12.6. The third-order valence-electron chi connectivity index (χ3n) is 5.24. The zero-order valence-electron chi connectivity index (χ0n) is 20.3. The third-order valence-corrected chi connectivity index (χ3v) is 5.78. The van der Waals surface area contributed by atoms with Gasteiger partial charge in [0.15, 0.2) is 11.5 Å². The minimum Gasteiger partial charge on any atom is -0.493 e. The topological polar surface area (TPSA) is 120 Å². The summed E-state index contributed by atoms with van der Waals surface area (Å²) in [5.74, 6) is 1.17. The highest BCUT2D eigenvalue weighted by Gasteiger charge is 2.17. The molecule has 0 saturated heterocycles. The van der Waals surface area contributed by atoms with Gasteiger partial charge >= 0.3 is 0 Å². The highest BCUT2D eigenvalue weighted by atomic mass is 32.2. The smallest absolute Gasteiger partial charge is 0.269 e. The fourth-order valence-corrected chi connectivity index (χ4v) is 3.60. The van der Waals surface area contributed by atoms with Crippen LogP contribution in [0, 0.1) is 19.8 Å². The molecule has 0 saturated carbocycles. The van der Waals surface area contributed by atoms with Gasteiger partial charge in [-0.2, -0.15) is 4.98 Å². The van der Waals surface area contributed by atoms with E-state index in [1.807, 2.05) is 20.1 Å². The summed E-state index contributed by atoms with van der Waals surface area (Å²) < 4.78 is 12.7. The summed E-state index contributed by atoms with van der Waals surface area (Å²) in [7, 11) is 1.51. The van der Waals surface area contributed by atoms with E-state index in [4.69, 9.17) is 9.47 Å². The molecule has 0 atom stereocenters. The molecule has 0 aliphatic carbocycles. The van der Waals surface area contributed by atoms with Gasteiger partial charge < -0.3 is 9.47 Å². The number of carbonyl (C=O) groups is 2. The Morgan fingerprint density at radius 3 is 2.59 bits per heavy atom. The van der Waals surface area contributed by atoms with Gasteiger partial charge in [0.1, 0.15) is 0 Å². The van der Waals surface area contributed by atoms with Crippen LogP contribution in [0.1, 0.15) is 47.6 Å². The van der Waals surface area contributed by atoms with Gasteiger partial charge in [0.25, 0.3) is 11.7 Å². The van der Waals surface area contributed by atoms with E-state index in [1.165, 1.54) is 18.9 Å². The molecule has 0 aliphatic rings. The van der Waals surface area contributed by atoms with Crippen molar-refractivity contribution in [2.75, 3.05) is 20.0 Å². The number of aryl methyl sites for hydroxylation is 2. The van der Waals surface area contributed by atoms with Crippen molar-refractivity contribution in [1.82, 2.24) is 30.4 Å². The maximum Gasteiger partial charge on any atom is 0.269 e. The number of benzene rings is 1. The molecule has 0 bridgehead atoms. The van der Waals surface area contributed by atoms with E-state index in [2.05, 4.69) is 39.8 Å². The lowest BCUT2D eigenvalue weighted by molar-refractivity contribution is -0.121. The maximum atomic E-state index is 12.6. The molecule has 0 unspecified atom stereocenters. The number of rotatable bonds is 9. The molecule has 10 nitrogen and oxygen atoms in total. The summed E-state index contributed by atoms with van der Waals surface area (Å²) in [6, 6.07) is 4.88. The monoisotopic (exact) mass is 486 g/mol. The first-order valence-corrected chi connectivity index (χ1v) is 12.1. The molecular weight excluding hydrogens is 456 g/mol. The summed E-state index contributed by atoms with van der Waals surface area (Å²) in [4.78, 5) is 33.9. The van der Waals surface area contributed by atoms with Crippen LogP contribution in [0.15, 0.2) is 23.4 Å². The van der Waals surface area contributed by atoms with Crippen molar-refractivity contribution in [2.24, 2.45) is 5.92 Å². The van der Waals surface area contributed by atoms with Gasteiger partial charge in [0, 0.05) is 22.5 Å². The fraction of sp³-hybridized carbons (Fsp3) is 0.435. The molecule has 2 amide bonds. The second-order valence-electron chi connectivity index (χ2n) is 8.15. The Labute approximate surface area is 202 Å². The number of ether oxygens (including phenoxy) is 2. The second-order valence-corrected chi connectivity index (χ2v) is 8.92. The van der Waals surface area contributed by atoms with E-state index in [9.17, 15) is 9.59 Å². The van der Waals surface area contributed by atoms with Crippen LogP contribution in [0.5, 0.6) is 11.5 Å². The predicted molar refractivity (Wildman–Crippen MR) is 129 cm³/mol. The van der Waals surface area contributed by atoms with E-state index in [0.29, 0.717) is 46.2 Å². The molecule has 0 aliphatic heterocycles. The number of aromatic nitrogens is 4. The highest BCUT2D eigenvalue weighted by molar-refractivity contribution is 7.98. The Balaban J connectivity index is 1.63. The lowest BCUT2D eigenvalue weighted by Crippen LogP contribution is -2.42. The van der Waals surface area contributed by atoms with Crippen LogP contribution < -0.4 is 20.3 Å². The average Bonchev–Trinajstić information content (AvgIpc) is 3.23. The van der Waals surface area contributed by atoms with Crippen molar-refractivity contribution in [3.05, 3.63) is 40.7 Å². The van der Waals surface area contributed by atoms with Crippen molar-refractivity contribution in [3.63, 3.8) is 0 Å². The standard InChI is InChI=1S/C23H30N6O4S/c1-13(2)9-10-33-18-8-7-16(11-19(18)32-5)21(31)27-26-20(30)12-17-14(3)24-22-25-23(34-6)28-29(22)15(17)4/h7-8,11,13H,9-10,12H2,1-6H3,(H,26,30)(H,27,31). The number of methoxy groups -OCH3 is 1.